The molecule has 0 aliphatic carbocycles. The molecule has 1 aliphatic heterocycles. The highest BCUT2D eigenvalue weighted by molar-refractivity contribution is 7.15. The second kappa shape index (κ2) is 5.02. The van der Waals surface area contributed by atoms with Gasteiger partial charge in [0.2, 0.25) is 0 Å². The second-order valence-corrected chi connectivity index (χ2v) is 5.51. The first kappa shape index (κ1) is 12.7. The summed E-state index contributed by atoms with van der Waals surface area (Å²) in [5.41, 5.74) is 1.93. The Balaban J connectivity index is 1.98. The molecule has 100 valence electrons. The summed E-state index contributed by atoms with van der Waals surface area (Å²) in [4.78, 5) is 29.4. The van der Waals surface area contributed by atoms with Gasteiger partial charge in [0.05, 0.1) is 21.8 Å². The molecule has 1 amide bonds. The van der Waals surface area contributed by atoms with Gasteiger partial charge in [0.25, 0.3) is 5.91 Å². The van der Waals surface area contributed by atoms with Gasteiger partial charge >= 0.3 is 0 Å². The summed E-state index contributed by atoms with van der Waals surface area (Å²) in [5, 5.41) is 2.78. The molecule has 5 heteroatoms. The molecule has 4 nitrogen and oxygen atoms in total. The molecule has 0 fully saturated rings. The Bertz CT molecular complexity index is 731. The summed E-state index contributed by atoms with van der Waals surface area (Å²) in [5.74, 6) is -0.0375. The van der Waals surface area contributed by atoms with Crippen LogP contribution in [0.3, 0.4) is 0 Å². The van der Waals surface area contributed by atoms with Gasteiger partial charge in [0.15, 0.2) is 5.78 Å². The molecule has 0 spiro atoms. The number of carbonyl (C=O) groups excluding carboxylic acids is 2. The quantitative estimate of drug-likeness (QED) is 0.695. The number of fused-ring (bicyclic) bond motifs is 1. The van der Waals surface area contributed by atoms with E-state index in [-0.39, 0.29) is 11.7 Å². The van der Waals surface area contributed by atoms with Crippen LogP contribution in [-0.4, -0.2) is 16.7 Å². The Hall–Kier alpha value is -2.27. The topological polar surface area (TPSA) is 59.1 Å². The Morgan fingerprint density at radius 2 is 2.25 bits per heavy atom. The van der Waals surface area contributed by atoms with Crippen molar-refractivity contribution in [3.05, 3.63) is 45.9 Å². The molecule has 3 rings (SSSR count). The molecule has 0 unspecified atom stereocenters. The number of carbonyl (C=O) groups is 2. The van der Waals surface area contributed by atoms with E-state index in [1.54, 1.807) is 24.4 Å². The summed E-state index contributed by atoms with van der Waals surface area (Å²) in [7, 11) is 0. The molecule has 20 heavy (non-hydrogen) atoms. The van der Waals surface area contributed by atoms with E-state index in [1.807, 2.05) is 19.1 Å². The Labute approximate surface area is 120 Å². The fraction of sp³-hybridized carbons (Fsp3) is 0.133. The van der Waals surface area contributed by atoms with Gasteiger partial charge in [0.1, 0.15) is 0 Å². The van der Waals surface area contributed by atoms with Gasteiger partial charge in [-0.3, -0.25) is 14.6 Å². The van der Waals surface area contributed by atoms with Crippen LogP contribution in [0.5, 0.6) is 0 Å². The van der Waals surface area contributed by atoms with Crippen LogP contribution in [0, 0.1) is 0 Å². The minimum Gasteiger partial charge on any atom is -0.320 e. The van der Waals surface area contributed by atoms with E-state index in [9.17, 15) is 9.59 Å². The summed E-state index contributed by atoms with van der Waals surface area (Å²) in [6, 6.07) is 7.26. The predicted molar refractivity (Wildman–Crippen MR) is 79.7 cm³/mol. The molecule has 2 aromatic rings. The zero-order valence-electron chi connectivity index (χ0n) is 10.8. The van der Waals surface area contributed by atoms with Crippen LogP contribution in [0.2, 0.25) is 0 Å². The van der Waals surface area contributed by atoms with E-state index < -0.39 is 0 Å². The third-order valence-corrected chi connectivity index (χ3v) is 4.14. The number of pyridine rings is 1. The van der Waals surface area contributed by atoms with Crippen molar-refractivity contribution in [2.24, 2.45) is 0 Å². The van der Waals surface area contributed by atoms with Crippen molar-refractivity contribution in [3.8, 4) is 0 Å². The lowest BCUT2D eigenvalue weighted by Gasteiger charge is -1.95. The molecular formula is C15H12N2O2S. The van der Waals surface area contributed by atoms with Crippen molar-refractivity contribution >= 4 is 40.4 Å². The number of thiophene rings is 1. The van der Waals surface area contributed by atoms with Crippen LogP contribution in [0.1, 0.15) is 33.6 Å². The lowest BCUT2D eigenvalue weighted by Crippen LogP contribution is -2.03. The third-order valence-electron chi connectivity index (χ3n) is 3.06. The smallest absolute Gasteiger partial charge is 0.258 e. The highest BCUT2D eigenvalue weighted by atomic mass is 32.1. The van der Waals surface area contributed by atoms with Crippen LogP contribution in [0.4, 0.5) is 5.69 Å². The predicted octanol–water partition coefficient (Wildman–Crippen LogP) is 3.23. The lowest BCUT2D eigenvalue weighted by atomic mass is 10.1. The minimum atomic E-state index is -0.157. The first-order valence-corrected chi connectivity index (χ1v) is 7.12. The van der Waals surface area contributed by atoms with Gasteiger partial charge in [-0.25, -0.2) is 0 Å². The fourth-order valence-corrected chi connectivity index (χ4v) is 3.01. The molecule has 1 N–H and O–H groups in total. The van der Waals surface area contributed by atoms with E-state index in [2.05, 4.69) is 10.3 Å². The van der Waals surface area contributed by atoms with Crippen molar-refractivity contribution < 1.29 is 9.59 Å². The van der Waals surface area contributed by atoms with Crippen molar-refractivity contribution in [2.75, 3.05) is 5.32 Å². The molecule has 0 aromatic carbocycles. The number of anilines is 1. The number of nitrogens with one attached hydrogen (secondary N) is 1. The summed E-state index contributed by atoms with van der Waals surface area (Å²) >= 11 is 1.40. The van der Waals surface area contributed by atoms with E-state index in [0.717, 1.165) is 15.4 Å². The van der Waals surface area contributed by atoms with Gasteiger partial charge in [-0.15, -0.1) is 11.3 Å². The zero-order valence-corrected chi connectivity index (χ0v) is 11.7. The third kappa shape index (κ3) is 2.16. The molecule has 0 saturated heterocycles. The monoisotopic (exact) mass is 284 g/mol. The maximum absolute atomic E-state index is 12.0. The molecule has 0 atom stereocenters. The number of hydrogen-bond donors (Lipinski definition) is 1. The first-order valence-electron chi connectivity index (χ1n) is 6.30. The van der Waals surface area contributed by atoms with E-state index in [1.165, 1.54) is 11.3 Å². The minimum absolute atomic E-state index is 0.119. The van der Waals surface area contributed by atoms with Crippen LogP contribution in [0.25, 0.3) is 11.6 Å². The number of nitrogens with zero attached hydrogens (tertiary/aromatic N) is 1. The van der Waals surface area contributed by atoms with Crippen molar-refractivity contribution in [1.29, 1.82) is 0 Å². The van der Waals surface area contributed by atoms with E-state index >= 15 is 0 Å². The normalized spacial score (nSPS) is 15.2. The standard InChI is InChI=1S/C15H12N2O2S/c1-2-12(18)13-6-5-9(20-13)8-10-14-11(17-15(10)19)4-3-7-16-14/h3-8H,2H2,1H3,(H,17,19). The first-order chi connectivity index (χ1) is 9.69. The van der Waals surface area contributed by atoms with Gasteiger partial charge in [-0.05, 0) is 30.3 Å². The van der Waals surface area contributed by atoms with Crippen LogP contribution in [0.15, 0.2) is 30.5 Å². The average molecular weight is 284 g/mol. The zero-order chi connectivity index (χ0) is 14.1. The van der Waals surface area contributed by atoms with Gasteiger partial charge < -0.3 is 5.32 Å². The molecular weight excluding hydrogens is 272 g/mol. The Kier molecular flexibility index (Phi) is 3.20. The number of rotatable bonds is 3. The Morgan fingerprint density at radius 3 is 3.05 bits per heavy atom. The lowest BCUT2D eigenvalue weighted by molar-refractivity contribution is -0.110. The van der Waals surface area contributed by atoms with Gasteiger partial charge in [-0.2, -0.15) is 0 Å². The maximum atomic E-state index is 12.0. The Morgan fingerprint density at radius 1 is 1.40 bits per heavy atom. The molecule has 0 bridgehead atoms. The van der Waals surface area contributed by atoms with Crippen LogP contribution in [-0.2, 0) is 4.79 Å². The summed E-state index contributed by atoms with van der Waals surface area (Å²) in [6.45, 7) is 1.84. The maximum Gasteiger partial charge on any atom is 0.258 e. The largest absolute Gasteiger partial charge is 0.320 e. The summed E-state index contributed by atoms with van der Waals surface area (Å²) < 4.78 is 0. The van der Waals surface area contributed by atoms with Gasteiger partial charge in [0, 0.05) is 17.5 Å². The molecule has 0 radical (unpaired) electrons. The van der Waals surface area contributed by atoms with E-state index in [0.29, 0.717) is 17.7 Å². The number of amides is 1. The number of ketones is 1. The molecule has 0 saturated carbocycles. The van der Waals surface area contributed by atoms with Crippen molar-refractivity contribution in [3.63, 3.8) is 0 Å². The highest BCUT2D eigenvalue weighted by Crippen LogP contribution is 2.32. The molecule has 1 aliphatic rings. The van der Waals surface area contributed by atoms with E-state index in [4.69, 9.17) is 0 Å². The summed E-state index contributed by atoms with van der Waals surface area (Å²) in [6.07, 6.45) is 3.93. The van der Waals surface area contributed by atoms with Crippen molar-refractivity contribution in [1.82, 2.24) is 4.98 Å². The fourth-order valence-electron chi connectivity index (χ4n) is 2.05. The van der Waals surface area contributed by atoms with Crippen LogP contribution < -0.4 is 5.32 Å². The number of aromatic nitrogens is 1. The highest BCUT2D eigenvalue weighted by Gasteiger charge is 2.25. The molecule has 3 heterocycles. The average Bonchev–Trinajstić information content (AvgIpc) is 3.04. The SMILES string of the molecule is CCC(=O)c1ccc(C=C2C(=O)Nc3cccnc32)s1. The van der Waals surface area contributed by atoms with Crippen LogP contribution >= 0.6 is 11.3 Å². The van der Waals surface area contributed by atoms with Crippen molar-refractivity contribution in [2.45, 2.75) is 13.3 Å². The second-order valence-electron chi connectivity index (χ2n) is 4.39. The molecule has 2 aromatic heterocycles. The van der Waals surface area contributed by atoms with Gasteiger partial charge in [-0.1, -0.05) is 6.92 Å². The number of Topliss-reactive ketones (excluding diaryl/α,β-unsaturated/α-hetero) is 1. The number of hydrogen-bond acceptors (Lipinski definition) is 4.